The lowest BCUT2D eigenvalue weighted by atomic mass is 10.1. The fourth-order valence-electron chi connectivity index (χ4n) is 2.94. The topological polar surface area (TPSA) is 62.1 Å². The molecule has 2 atom stereocenters. The van der Waals surface area contributed by atoms with E-state index >= 15 is 0 Å². The summed E-state index contributed by atoms with van der Waals surface area (Å²) in [4.78, 5) is 17.6. The third kappa shape index (κ3) is 2.12. The van der Waals surface area contributed by atoms with E-state index in [9.17, 15) is 4.79 Å². The number of aromatic amines is 1. The number of aromatic nitrogens is 1. The van der Waals surface area contributed by atoms with E-state index in [4.69, 9.17) is 5.73 Å². The lowest BCUT2D eigenvalue weighted by Gasteiger charge is -2.21. The summed E-state index contributed by atoms with van der Waals surface area (Å²) in [6.45, 7) is 3.53. The number of fused-ring (bicyclic) bond motifs is 1. The number of H-pyrrole nitrogens is 1. The third-order valence-corrected chi connectivity index (χ3v) is 4.06. The predicted molar refractivity (Wildman–Crippen MR) is 76.0 cm³/mol. The summed E-state index contributed by atoms with van der Waals surface area (Å²) in [5, 5.41) is 1.13. The first kappa shape index (κ1) is 12.2. The largest absolute Gasteiger partial charge is 0.361 e. The molecule has 1 fully saturated rings. The van der Waals surface area contributed by atoms with Crippen LogP contribution in [0.15, 0.2) is 30.5 Å². The Bertz CT molecular complexity index is 604. The van der Waals surface area contributed by atoms with E-state index in [0.717, 1.165) is 29.4 Å². The number of benzene rings is 1. The number of amides is 1. The second-order valence-electron chi connectivity index (χ2n) is 5.42. The maximum absolute atomic E-state index is 12.6. The summed E-state index contributed by atoms with van der Waals surface area (Å²) in [5.74, 6) is 0.549. The Labute approximate surface area is 112 Å². The SMILES string of the molecule is CC1CC(CN)CN1C(=O)c1ccc2cc[nH]c2c1. The van der Waals surface area contributed by atoms with E-state index in [0.29, 0.717) is 12.5 Å². The van der Waals surface area contributed by atoms with Crippen molar-refractivity contribution >= 4 is 16.8 Å². The Balaban J connectivity index is 1.87. The van der Waals surface area contributed by atoms with E-state index in [2.05, 4.69) is 11.9 Å². The van der Waals surface area contributed by atoms with Crippen molar-refractivity contribution in [3.8, 4) is 0 Å². The maximum atomic E-state index is 12.6. The third-order valence-electron chi connectivity index (χ3n) is 4.06. The monoisotopic (exact) mass is 257 g/mol. The van der Waals surface area contributed by atoms with Gasteiger partial charge in [-0.3, -0.25) is 4.79 Å². The minimum absolute atomic E-state index is 0.111. The number of carbonyl (C=O) groups is 1. The van der Waals surface area contributed by atoms with Gasteiger partial charge >= 0.3 is 0 Å². The molecule has 0 radical (unpaired) electrons. The van der Waals surface area contributed by atoms with Gasteiger partial charge in [0.05, 0.1) is 0 Å². The minimum Gasteiger partial charge on any atom is -0.361 e. The Morgan fingerprint density at radius 1 is 1.47 bits per heavy atom. The summed E-state index contributed by atoms with van der Waals surface area (Å²) in [6, 6.07) is 8.11. The van der Waals surface area contributed by atoms with E-state index in [1.54, 1.807) is 0 Å². The molecule has 1 amide bonds. The Kier molecular flexibility index (Phi) is 3.03. The van der Waals surface area contributed by atoms with Gasteiger partial charge < -0.3 is 15.6 Å². The van der Waals surface area contributed by atoms with Crippen LogP contribution in [0, 0.1) is 5.92 Å². The first-order valence-electron chi connectivity index (χ1n) is 6.77. The number of nitrogens with zero attached hydrogens (tertiary/aromatic N) is 1. The van der Waals surface area contributed by atoms with E-state index < -0.39 is 0 Å². The molecule has 0 bridgehead atoms. The van der Waals surface area contributed by atoms with Gasteiger partial charge in [0.2, 0.25) is 0 Å². The van der Waals surface area contributed by atoms with Crippen molar-refractivity contribution in [2.24, 2.45) is 11.7 Å². The van der Waals surface area contributed by atoms with Gasteiger partial charge in [-0.25, -0.2) is 0 Å². The van der Waals surface area contributed by atoms with Crippen LogP contribution in [0.3, 0.4) is 0 Å². The molecular weight excluding hydrogens is 238 g/mol. The van der Waals surface area contributed by atoms with Crippen LogP contribution in [0.25, 0.3) is 10.9 Å². The molecule has 0 spiro atoms. The molecule has 100 valence electrons. The van der Waals surface area contributed by atoms with Crippen LogP contribution in [0.2, 0.25) is 0 Å². The molecule has 2 unspecified atom stereocenters. The molecule has 1 saturated heterocycles. The number of rotatable bonds is 2. The van der Waals surface area contributed by atoms with E-state index in [1.165, 1.54) is 0 Å². The molecule has 3 rings (SSSR count). The summed E-state index contributed by atoms with van der Waals surface area (Å²) >= 11 is 0. The van der Waals surface area contributed by atoms with E-state index in [1.807, 2.05) is 35.4 Å². The first-order valence-corrected chi connectivity index (χ1v) is 6.77. The lowest BCUT2D eigenvalue weighted by Crippen LogP contribution is -2.34. The van der Waals surface area contributed by atoms with Gasteiger partial charge in [0.25, 0.3) is 5.91 Å². The molecule has 1 aliphatic heterocycles. The summed E-state index contributed by atoms with van der Waals surface area (Å²) in [6.07, 6.45) is 2.90. The Hall–Kier alpha value is -1.81. The van der Waals surface area contributed by atoms with Crippen molar-refractivity contribution in [1.29, 1.82) is 0 Å². The second-order valence-corrected chi connectivity index (χ2v) is 5.42. The van der Waals surface area contributed by atoms with Crippen molar-refractivity contribution in [2.75, 3.05) is 13.1 Å². The van der Waals surface area contributed by atoms with Crippen molar-refractivity contribution in [3.63, 3.8) is 0 Å². The van der Waals surface area contributed by atoms with Gasteiger partial charge in [-0.05, 0) is 49.4 Å². The van der Waals surface area contributed by atoms with Gasteiger partial charge in [-0.1, -0.05) is 6.07 Å². The zero-order chi connectivity index (χ0) is 13.4. The number of nitrogens with two attached hydrogens (primary N) is 1. The van der Waals surface area contributed by atoms with Crippen LogP contribution in [0.5, 0.6) is 0 Å². The average molecular weight is 257 g/mol. The molecule has 1 aromatic carbocycles. The first-order chi connectivity index (χ1) is 9.19. The highest BCUT2D eigenvalue weighted by Gasteiger charge is 2.32. The van der Waals surface area contributed by atoms with Gasteiger partial charge in [0.15, 0.2) is 0 Å². The highest BCUT2D eigenvalue weighted by molar-refractivity contribution is 5.98. The molecular formula is C15H19N3O. The molecule has 19 heavy (non-hydrogen) atoms. The van der Waals surface area contributed by atoms with Gasteiger partial charge in [0.1, 0.15) is 0 Å². The van der Waals surface area contributed by atoms with Crippen LogP contribution in [0.1, 0.15) is 23.7 Å². The van der Waals surface area contributed by atoms with Crippen molar-refractivity contribution in [2.45, 2.75) is 19.4 Å². The molecule has 4 heteroatoms. The quantitative estimate of drug-likeness (QED) is 0.864. The summed E-state index contributed by atoms with van der Waals surface area (Å²) in [7, 11) is 0. The second kappa shape index (κ2) is 4.70. The van der Waals surface area contributed by atoms with Crippen LogP contribution in [-0.2, 0) is 0 Å². The zero-order valence-corrected chi connectivity index (χ0v) is 11.1. The molecule has 4 nitrogen and oxygen atoms in total. The van der Waals surface area contributed by atoms with Crippen LogP contribution in [0.4, 0.5) is 0 Å². The number of hydrogen-bond donors (Lipinski definition) is 2. The van der Waals surface area contributed by atoms with Gasteiger partial charge in [-0.2, -0.15) is 0 Å². The standard InChI is InChI=1S/C15H19N3O/c1-10-6-11(8-16)9-18(10)15(19)13-3-2-12-4-5-17-14(12)7-13/h2-5,7,10-11,17H,6,8-9,16H2,1H3. The maximum Gasteiger partial charge on any atom is 0.254 e. The summed E-state index contributed by atoms with van der Waals surface area (Å²) < 4.78 is 0. The smallest absolute Gasteiger partial charge is 0.254 e. The molecule has 0 aliphatic carbocycles. The number of likely N-dealkylation sites (tertiary alicyclic amines) is 1. The summed E-state index contributed by atoms with van der Waals surface area (Å²) in [5.41, 5.74) is 7.47. The molecule has 1 aliphatic rings. The van der Waals surface area contributed by atoms with Crippen molar-refractivity contribution in [3.05, 3.63) is 36.0 Å². The van der Waals surface area contributed by atoms with Gasteiger partial charge in [0, 0.05) is 29.9 Å². The van der Waals surface area contributed by atoms with Gasteiger partial charge in [-0.15, -0.1) is 0 Å². The van der Waals surface area contributed by atoms with Crippen LogP contribution < -0.4 is 5.73 Å². The number of carbonyl (C=O) groups excluding carboxylic acids is 1. The predicted octanol–water partition coefficient (Wildman–Crippen LogP) is 1.98. The highest BCUT2D eigenvalue weighted by Crippen LogP contribution is 2.25. The lowest BCUT2D eigenvalue weighted by molar-refractivity contribution is 0.0743. The number of nitrogens with one attached hydrogen (secondary N) is 1. The van der Waals surface area contributed by atoms with Crippen molar-refractivity contribution < 1.29 is 4.79 Å². The molecule has 0 saturated carbocycles. The Morgan fingerprint density at radius 3 is 3.05 bits per heavy atom. The van der Waals surface area contributed by atoms with Crippen molar-refractivity contribution in [1.82, 2.24) is 9.88 Å². The normalized spacial score (nSPS) is 23.2. The highest BCUT2D eigenvalue weighted by atomic mass is 16.2. The molecule has 1 aromatic heterocycles. The fourth-order valence-corrected chi connectivity index (χ4v) is 2.94. The number of hydrogen-bond acceptors (Lipinski definition) is 2. The van der Waals surface area contributed by atoms with Crippen LogP contribution in [-0.4, -0.2) is 34.9 Å². The minimum atomic E-state index is 0.111. The van der Waals surface area contributed by atoms with Crippen LogP contribution >= 0.6 is 0 Å². The Morgan fingerprint density at radius 2 is 2.32 bits per heavy atom. The molecule has 2 heterocycles. The average Bonchev–Trinajstić information content (AvgIpc) is 3.02. The zero-order valence-electron chi connectivity index (χ0n) is 11.1. The molecule has 2 aromatic rings. The van der Waals surface area contributed by atoms with E-state index in [-0.39, 0.29) is 11.9 Å². The molecule has 3 N–H and O–H groups in total. The fraction of sp³-hybridized carbons (Fsp3) is 0.400.